The number of nitrogens with zero attached hydrogens (tertiary/aromatic N) is 2. The second-order valence-electron chi connectivity index (χ2n) is 5.70. The van der Waals surface area contributed by atoms with Gasteiger partial charge < -0.3 is 10.1 Å². The molecule has 1 aliphatic carbocycles. The first-order chi connectivity index (χ1) is 12.1. The fourth-order valence-electron chi connectivity index (χ4n) is 2.60. The van der Waals surface area contributed by atoms with Crippen LogP contribution in [-0.2, 0) is 4.74 Å². The van der Waals surface area contributed by atoms with Gasteiger partial charge in [-0.3, -0.25) is 5.32 Å². The summed E-state index contributed by atoms with van der Waals surface area (Å²) in [6, 6.07) is 6.67. The molecule has 0 saturated heterocycles. The molecule has 25 heavy (non-hydrogen) atoms. The van der Waals surface area contributed by atoms with E-state index in [1.54, 1.807) is 12.1 Å². The molecule has 0 aliphatic heterocycles. The molecule has 1 aliphatic rings. The lowest BCUT2D eigenvalue weighted by molar-refractivity contribution is 0.0205. The Morgan fingerprint density at radius 3 is 2.56 bits per heavy atom. The summed E-state index contributed by atoms with van der Waals surface area (Å²) in [5.74, 6) is -0.542. The van der Waals surface area contributed by atoms with E-state index in [-0.39, 0.29) is 16.8 Å². The zero-order valence-corrected chi connectivity index (χ0v) is 15.7. The molecule has 0 unspecified atom stereocenters. The Bertz CT molecular complexity index is 744. The van der Waals surface area contributed by atoms with Crippen molar-refractivity contribution in [2.75, 3.05) is 10.6 Å². The second-order valence-corrected chi connectivity index (χ2v) is 7.37. The van der Waals surface area contributed by atoms with Gasteiger partial charge in [0, 0.05) is 21.7 Å². The van der Waals surface area contributed by atoms with Gasteiger partial charge in [0.2, 0.25) is 5.69 Å². The predicted octanol–water partition coefficient (Wildman–Crippen LogP) is 4.43. The van der Waals surface area contributed by atoms with Crippen molar-refractivity contribution in [2.24, 2.45) is 0 Å². The number of hydrogen-bond acceptors (Lipinski definition) is 6. The molecule has 0 bridgehead atoms. The van der Waals surface area contributed by atoms with Crippen molar-refractivity contribution in [3.05, 3.63) is 34.4 Å². The highest BCUT2D eigenvalue weighted by atomic mass is 79.9. The van der Waals surface area contributed by atoms with Crippen LogP contribution in [0.5, 0.6) is 0 Å². The number of anilines is 2. The van der Waals surface area contributed by atoms with Gasteiger partial charge in [-0.2, -0.15) is 0 Å². The Balaban J connectivity index is 1.59. The number of ether oxygens (including phenoxy) is 1. The number of nitrogens with one attached hydrogen (secondary N) is 2. The lowest BCUT2D eigenvalue weighted by Gasteiger charge is -2.21. The number of esters is 1. The Hall–Kier alpha value is -2.00. The summed E-state index contributed by atoms with van der Waals surface area (Å²) < 4.78 is 10.1. The molecule has 0 spiro atoms. The molecule has 2 aromatic rings. The smallest absolute Gasteiger partial charge is 0.362 e. The van der Waals surface area contributed by atoms with Crippen LogP contribution in [0, 0.1) is 0 Å². The molecular formula is C16H17BrN4O3S. The topological polar surface area (TPSA) is 93.2 Å². The van der Waals surface area contributed by atoms with Crippen molar-refractivity contribution >= 4 is 50.2 Å². The van der Waals surface area contributed by atoms with Crippen LogP contribution in [0.15, 0.2) is 28.7 Å². The summed E-state index contributed by atoms with van der Waals surface area (Å²) >= 11 is 4.27. The van der Waals surface area contributed by atoms with Gasteiger partial charge in [-0.1, -0.05) is 26.8 Å². The summed E-state index contributed by atoms with van der Waals surface area (Å²) in [4.78, 5) is 24.4. The number of hydrogen-bond donors (Lipinski definition) is 2. The van der Waals surface area contributed by atoms with E-state index in [0.29, 0.717) is 5.69 Å². The quantitative estimate of drug-likeness (QED) is 0.707. The molecule has 2 amide bonds. The SMILES string of the molecule is O=C(Nc1ccc(Br)cc1)Nc1snnc1C(=O)OC1CCCCC1. The van der Waals surface area contributed by atoms with Crippen molar-refractivity contribution in [3.8, 4) is 0 Å². The number of carbonyl (C=O) groups is 2. The summed E-state index contributed by atoms with van der Waals surface area (Å²) in [6.45, 7) is 0. The molecule has 2 N–H and O–H groups in total. The molecule has 1 heterocycles. The maximum Gasteiger partial charge on any atom is 0.362 e. The van der Waals surface area contributed by atoms with E-state index >= 15 is 0 Å². The van der Waals surface area contributed by atoms with Gasteiger partial charge in [0.25, 0.3) is 0 Å². The minimum atomic E-state index is -0.542. The van der Waals surface area contributed by atoms with Gasteiger partial charge in [-0.25, -0.2) is 9.59 Å². The summed E-state index contributed by atoms with van der Waals surface area (Å²) in [7, 11) is 0. The Labute approximate surface area is 157 Å². The van der Waals surface area contributed by atoms with E-state index in [0.717, 1.165) is 41.7 Å². The van der Waals surface area contributed by atoms with Crippen molar-refractivity contribution in [1.82, 2.24) is 9.59 Å². The maximum absolute atomic E-state index is 12.3. The zero-order valence-electron chi connectivity index (χ0n) is 13.3. The summed E-state index contributed by atoms with van der Waals surface area (Å²) in [5.41, 5.74) is 0.672. The van der Waals surface area contributed by atoms with Gasteiger partial charge in [0.15, 0.2) is 5.00 Å². The highest BCUT2D eigenvalue weighted by Crippen LogP contribution is 2.24. The van der Waals surface area contributed by atoms with E-state index in [9.17, 15) is 9.59 Å². The van der Waals surface area contributed by atoms with Gasteiger partial charge in [0.05, 0.1) is 0 Å². The van der Waals surface area contributed by atoms with Crippen LogP contribution in [0.3, 0.4) is 0 Å². The van der Waals surface area contributed by atoms with Gasteiger partial charge >= 0.3 is 12.0 Å². The third-order valence-corrected chi connectivity index (χ3v) is 5.01. The Kier molecular flexibility index (Phi) is 5.98. The van der Waals surface area contributed by atoms with Crippen molar-refractivity contribution in [2.45, 2.75) is 38.2 Å². The molecule has 0 atom stereocenters. The lowest BCUT2D eigenvalue weighted by atomic mass is 9.98. The normalized spacial score (nSPS) is 14.8. The molecule has 0 radical (unpaired) electrons. The fraction of sp³-hybridized carbons (Fsp3) is 0.375. The molecule has 9 heteroatoms. The van der Waals surface area contributed by atoms with Crippen LogP contribution >= 0.6 is 27.5 Å². The van der Waals surface area contributed by atoms with E-state index < -0.39 is 12.0 Å². The first-order valence-electron chi connectivity index (χ1n) is 7.99. The molecule has 1 fully saturated rings. The number of rotatable bonds is 4. The largest absolute Gasteiger partial charge is 0.458 e. The molecular weight excluding hydrogens is 408 g/mol. The lowest BCUT2D eigenvalue weighted by Crippen LogP contribution is -2.23. The van der Waals surface area contributed by atoms with Gasteiger partial charge in [0.1, 0.15) is 6.10 Å². The van der Waals surface area contributed by atoms with Crippen molar-refractivity contribution in [1.29, 1.82) is 0 Å². The Morgan fingerprint density at radius 1 is 1.12 bits per heavy atom. The third kappa shape index (κ3) is 4.99. The van der Waals surface area contributed by atoms with E-state index in [2.05, 4.69) is 36.2 Å². The van der Waals surface area contributed by atoms with E-state index in [4.69, 9.17) is 4.74 Å². The average Bonchev–Trinajstić information content (AvgIpc) is 3.06. The molecule has 3 rings (SSSR count). The fourth-order valence-corrected chi connectivity index (χ4v) is 3.41. The molecule has 1 aromatic heterocycles. The minimum absolute atomic E-state index is 0.0431. The van der Waals surface area contributed by atoms with Crippen molar-refractivity contribution in [3.63, 3.8) is 0 Å². The highest BCUT2D eigenvalue weighted by Gasteiger charge is 2.24. The summed E-state index contributed by atoms with van der Waals surface area (Å²) in [5, 5.41) is 9.36. The zero-order chi connectivity index (χ0) is 17.6. The van der Waals surface area contributed by atoms with Crippen LogP contribution < -0.4 is 10.6 Å². The maximum atomic E-state index is 12.3. The third-order valence-electron chi connectivity index (χ3n) is 3.84. The summed E-state index contributed by atoms with van der Waals surface area (Å²) in [6.07, 6.45) is 4.97. The second kappa shape index (κ2) is 8.39. The van der Waals surface area contributed by atoms with E-state index in [1.165, 1.54) is 6.42 Å². The standard InChI is InChI=1S/C16H17BrN4O3S/c17-10-6-8-11(9-7-10)18-16(23)19-14-13(20-21-25-14)15(22)24-12-4-2-1-3-5-12/h6-9,12H,1-5H2,(H2,18,19,23). The van der Waals surface area contributed by atoms with Crippen molar-refractivity contribution < 1.29 is 14.3 Å². The molecule has 132 valence electrons. The Morgan fingerprint density at radius 2 is 1.84 bits per heavy atom. The first kappa shape index (κ1) is 17.8. The number of carbonyl (C=O) groups excluding carboxylic acids is 2. The van der Waals surface area contributed by atoms with Crippen LogP contribution in [0.25, 0.3) is 0 Å². The van der Waals surface area contributed by atoms with Gasteiger partial charge in [-0.15, -0.1) is 5.10 Å². The monoisotopic (exact) mass is 424 g/mol. The predicted molar refractivity (Wildman–Crippen MR) is 99.0 cm³/mol. The van der Waals surface area contributed by atoms with E-state index in [1.807, 2.05) is 12.1 Å². The van der Waals surface area contributed by atoms with Gasteiger partial charge in [-0.05, 0) is 49.9 Å². The van der Waals surface area contributed by atoms with Crippen LogP contribution in [-0.4, -0.2) is 27.7 Å². The number of aromatic nitrogens is 2. The van der Waals surface area contributed by atoms with Crippen LogP contribution in [0.1, 0.15) is 42.6 Å². The van der Waals surface area contributed by atoms with Crippen LogP contribution in [0.2, 0.25) is 0 Å². The minimum Gasteiger partial charge on any atom is -0.458 e. The highest BCUT2D eigenvalue weighted by molar-refractivity contribution is 9.10. The molecule has 1 aromatic carbocycles. The average molecular weight is 425 g/mol. The number of halogens is 1. The van der Waals surface area contributed by atoms with Crippen LogP contribution in [0.4, 0.5) is 15.5 Å². The number of benzene rings is 1. The number of urea groups is 1. The first-order valence-corrected chi connectivity index (χ1v) is 9.55. The molecule has 7 nitrogen and oxygen atoms in total. The number of amides is 2. The molecule has 1 saturated carbocycles.